The fourth-order valence-corrected chi connectivity index (χ4v) is 12.0. The standard InChI is InChI=1S/C32H56N8.ClH.Zn/c1-2-10-18-17(9-1)25-33-26(18)38-28-21-13-5-6-14-22(21)30(35-28)40-32-24-16-8-7-15-23(24)31(36-32)39-29-20-12-4-3-11-19(20)27(34-29)37-25;;/h17-40H,1-16H2;1H;. The average molecular weight is 655 g/mol. The van der Waals surface area contributed by atoms with Crippen LogP contribution in [0.5, 0.6) is 0 Å². The molecular formula is C32H57ClN8Zn. The minimum Gasteiger partial charge on any atom is -0.286 e. The molecule has 5 heterocycles. The molecular weight excluding hydrogens is 597 g/mol. The van der Waals surface area contributed by atoms with Gasteiger partial charge in [-0.25, -0.2) is 0 Å². The summed E-state index contributed by atoms with van der Waals surface area (Å²) >= 11 is 0. The molecule has 5 saturated heterocycles. The van der Waals surface area contributed by atoms with E-state index in [4.69, 9.17) is 0 Å². The first-order valence-corrected chi connectivity index (χ1v) is 17.9. The smallest absolute Gasteiger partial charge is 0.0628 e. The van der Waals surface area contributed by atoms with E-state index in [1.54, 1.807) is 0 Å². The molecule has 8 unspecified atom stereocenters. The Labute approximate surface area is 272 Å². The van der Waals surface area contributed by atoms with Crippen molar-refractivity contribution in [3.05, 3.63) is 0 Å². The molecule has 9 rings (SSSR count). The Bertz CT molecular complexity index is 723. The molecule has 9 aliphatic rings. The van der Waals surface area contributed by atoms with E-state index in [2.05, 4.69) is 42.5 Å². The van der Waals surface area contributed by atoms with Gasteiger partial charge in [0.25, 0.3) is 0 Å². The zero-order valence-corrected chi connectivity index (χ0v) is 29.5. The summed E-state index contributed by atoms with van der Waals surface area (Å²) in [5.41, 5.74) is 0. The minimum atomic E-state index is 0. The van der Waals surface area contributed by atoms with E-state index in [9.17, 15) is 0 Å². The van der Waals surface area contributed by atoms with Crippen molar-refractivity contribution < 1.29 is 19.5 Å². The topological polar surface area (TPSA) is 96.2 Å². The Morgan fingerprint density at radius 1 is 0.238 bits per heavy atom. The molecule has 234 valence electrons. The normalized spacial score (nSPS) is 54.9. The second-order valence-corrected chi connectivity index (χ2v) is 15.6. The first-order valence-electron chi connectivity index (χ1n) is 17.9. The summed E-state index contributed by atoms with van der Waals surface area (Å²) in [6.45, 7) is 0. The van der Waals surface area contributed by atoms with E-state index in [-0.39, 0.29) is 31.9 Å². The maximum Gasteiger partial charge on any atom is 0.0628 e. The van der Waals surface area contributed by atoms with E-state index in [1.807, 2.05) is 0 Å². The van der Waals surface area contributed by atoms with Crippen LogP contribution in [0.1, 0.15) is 103 Å². The summed E-state index contributed by atoms with van der Waals surface area (Å²) in [5, 5.41) is 33.8. The quantitative estimate of drug-likeness (QED) is 0.189. The van der Waals surface area contributed by atoms with Gasteiger partial charge in [-0.15, -0.1) is 12.4 Å². The molecule has 0 aromatic heterocycles. The van der Waals surface area contributed by atoms with Gasteiger partial charge in [0.1, 0.15) is 0 Å². The molecule has 0 aromatic carbocycles. The largest absolute Gasteiger partial charge is 0.286 e. The van der Waals surface area contributed by atoms with Gasteiger partial charge < -0.3 is 0 Å². The summed E-state index contributed by atoms with van der Waals surface area (Å²) in [6.07, 6.45) is 25.6. The van der Waals surface area contributed by atoms with Crippen LogP contribution in [0, 0.1) is 47.3 Å². The summed E-state index contributed by atoms with van der Waals surface area (Å²) in [6, 6.07) is 0. The molecule has 8 N–H and O–H groups in total. The van der Waals surface area contributed by atoms with Gasteiger partial charge in [0, 0.05) is 19.5 Å². The third-order valence-corrected chi connectivity index (χ3v) is 13.8. The summed E-state index contributed by atoms with van der Waals surface area (Å²) < 4.78 is 0. The first kappa shape index (κ1) is 31.2. The predicted molar refractivity (Wildman–Crippen MR) is 164 cm³/mol. The SMILES string of the molecule is C1CCC2C3NC(NC4NC(NC5NC(NC6NC(N3)C3CCCCC63)C3CCCCC53)C3CCCCC43)C2C1.Cl.[Zn]. The van der Waals surface area contributed by atoms with E-state index in [0.717, 1.165) is 47.3 Å². The van der Waals surface area contributed by atoms with Gasteiger partial charge in [-0.05, 0) is 98.7 Å². The number of hydrogen-bond donors (Lipinski definition) is 8. The maximum atomic E-state index is 4.26. The molecule has 42 heavy (non-hydrogen) atoms. The zero-order valence-electron chi connectivity index (χ0n) is 25.7. The molecule has 0 spiro atoms. The van der Waals surface area contributed by atoms with Crippen molar-refractivity contribution in [3.8, 4) is 0 Å². The van der Waals surface area contributed by atoms with Crippen molar-refractivity contribution in [1.82, 2.24) is 42.5 Å². The number of rotatable bonds is 0. The molecule has 9 fully saturated rings. The van der Waals surface area contributed by atoms with Gasteiger partial charge in [-0.1, -0.05) is 51.4 Å². The molecule has 0 aromatic rings. The molecule has 4 aliphatic carbocycles. The molecule has 0 radical (unpaired) electrons. The van der Waals surface area contributed by atoms with Crippen LogP contribution in [0.2, 0.25) is 0 Å². The Morgan fingerprint density at radius 3 is 0.476 bits per heavy atom. The Balaban J connectivity index is 0.00000144. The first-order chi connectivity index (χ1) is 19.8. The van der Waals surface area contributed by atoms with Crippen molar-refractivity contribution in [2.75, 3.05) is 0 Å². The van der Waals surface area contributed by atoms with Crippen LogP contribution < -0.4 is 42.5 Å². The minimum absolute atomic E-state index is 0. The van der Waals surface area contributed by atoms with E-state index >= 15 is 0 Å². The van der Waals surface area contributed by atoms with E-state index in [1.165, 1.54) is 103 Å². The van der Waals surface area contributed by atoms with Crippen LogP contribution in [0.15, 0.2) is 0 Å². The van der Waals surface area contributed by atoms with Crippen molar-refractivity contribution in [2.24, 2.45) is 47.3 Å². The fraction of sp³-hybridized carbons (Fsp3) is 1.00. The Morgan fingerprint density at radius 2 is 0.357 bits per heavy atom. The van der Waals surface area contributed by atoms with Gasteiger partial charge in [0.2, 0.25) is 0 Å². The molecule has 8 nitrogen and oxygen atoms in total. The third kappa shape index (κ3) is 5.40. The Hall–Kier alpha value is 0.593. The molecule has 8 atom stereocenters. The Kier molecular flexibility index (Phi) is 9.66. The van der Waals surface area contributed by atoms with Crippen LogP contribution in [-0.4, -0.2) is 49.3 Å². The second-order valence-electron chi connectivity index (χ2n) is 15.6. The summed E-state index contributed by atoms with van der Waals surface area (Å²) in [4.78, 5) is 0. The van der Waals surface area contributed by atoms with Gasteiger partial charge >= 0.3 is 0 Å². The van der Waals surface area contributed by atoms with Crippen molar-refractivity contribution in [1.29, 1.82) is 0 Å². The van der Waals surface area contributed by atoms with Crippen molar-refractivity contribution in [3.63, 3.8) is 0 Å². The number of halogens is 1. The molecule has 10 heteroatoms. The molecule has 0 amide bonds. The summed E-state index contributed by atoms with van der Waals surface area (Å²) in [7, 11) is 0. The van der Waals surface area contributed by atoms with Gasteiger partial charge in [0.05, 0.1) is 49.3 Å². The van der Waals surface area contributed by atoms with E-state index in [0.29, 0.717) is 49.3 Å². The van der Waals surface area contributed by atoms with Crippen LogP contribution in [0.25, 0.3) is 0 Å². The van der Waals surface area contributed by atoms with Gasteiger partial charge in [-0.2, -0.15) is 0 Å². The predicted octanol–water partition coefficient (Wildman–Crippen LogP) is 3.02. The number of hydrogen-bond acceptors (Lipinski definition) is 8. The van der Waals surface area contributed by atoms with Gasteiger partial charge in [-0.3, -0.25) is 42.5 Å². The fourth-order valence-electron chi connectivity index (χ4n) is 12.0. The van der Waals surface area contributed by atoms with Crippen LogP contribution >= 0.6 is 12.4 Å². The zero-order chi connectivity index (χ0) is 26.2. The summed E-state index contributed by atoms with van der Waals surface area (Å²) in [5.74, 6) is 5.97. The number of nitrogens with one attached hydrogen (secondary N) is 8. The van der Waals surface area contributed by atoms with Gasteiger partial charge in [0.15, 0.2) is 0 Å². The van der Waals surface area contributed by atoms with Crippen molar-refractivity contribution >= 4 is 12.4 Å². The molecule has 8 bridgehead atoms. The second kappa shape index (κ2) is 13.0. The van der Waals surface area contributed by atoms with Crippen LogP contribution in [0.3, 0.4) is 0 Å². The van der Waals surface area contributed by atoms with Crippen LogP contribution in [0.4, 0.5) is 0 Å². The van der Waals surface area contributed by atoms with E-state index < -0.39 is 0 Å². The monoisotopic (exact) mass is 652 g/mol. The maximum absolute atomic E-state index is 4.26. The van der Waals surface area contributed by atoms with Crippen LogP contribution in [-0.2, 0) is 19.5 Å². The number of fused-ring (bicyclic) bond motifs is 20. The average Bonchev–Trinajstić information content (AvgIpc) is 3.73. The molecule has 4 saturated carbocycles. The third-order valence-electron chi connectivity index (χ3n) is 13.8. The molecule has 5 aliphatic heterocycles. The van der Waals surface area contributed by atoms with Crippen molar-refractivity contribution in [2.45, 2.75) is 152 Å².